The van der Waals surface area contributed by atoms with Crippen LogP contribution in [0.25, 0.3) is 0 Å². The fourth-order valence-corrected chi connectivity index (χ4v) is 0.847. The van der Waals surface area contributed by atoms with Gasteiger partial charge in [0, 0.05) is 11.8 Å². The molecule has 0 aliphatic carbocycles. The molecule has 0 aromatic carbocycles. The van der Waals surface area contributed by atoms with Crippen LogP contribution in [0.2, 0.25) is 5.15 Å². The number of carbonyl (C=O) groups excluding carboxylic acids is 1. The predicted octanol–water partition coefficient (Wildman–Crippen LogP) is 2.10. The second-order valence-corrected chi connectivity index (χ2v) is 2.32. The molecule has 1 heterocycles. The topological polar surface area (TPSA) is 30.0 Å². The molecule has 0 spiro atoms. The number of pyridine rings is 1. The Morgan fingerprint density at radius 1 is 1.73 bits per heavy atom. The summed E-state index contributed by atoms with van der Waals surface area (Å²) in [7, 11) is 0. The fourth-order valence-electron chi connectivity index (χ4n) is 0.674. The van der Waals surface area contributed by atoms with Crippen molar-refractivity contribution in [3.8, 4) is 0 Å². The van der Waals surface area contributed by atoms with Crippen molar-refractivity contribution >= 4 is 17.4 Å². The molecule has 3 heteroatoms. The standard InChI is InChI=1S/C8H6ClNO/c1-2-7(11)6-3-4-10-8(9)5-6/h2-5H,1H2. The van der Waals surface area contributed by atoms with E-state index in [0.29, 0.717) is 10.7 Å². The van der Waals surface area contributed by atoms with E-state index in [1.54, 1.807) is 6.07 Å². The summed E-state index contributed by atoms with van der Waals surface area (Å²) in [6.07, 6.45) is 2.73. The molecular formula is C8H6ClNO. The zero-order chi connectivity index (χ0) is 8.27. The number of nitrogens with zero attached hydrogens (tertiary/aromatic N) is 1. The van der Waals surface area contributed by atoms with Crippen molar-refractivity contribution < 1.29 is 4.79 Å². The van der Waals surface area contributed by atoms with Crippen molar-refractivity contribution in [2.75, 3.05) is 0 Å². The Kier molecular flexibility index (Phi) is 2.39. The average molecular weight is 168 g/mol. The highest BCUT2D eigenvalue weighted by molar-refractivity contribution is 6.29. The van der Waals surface area contributed by atoms with Gasteiger partial charge in [-0.05, 0) is 18.2 Å². The lowest BCUT2D eigenvalue weighted by atomic mass is 10.2. The highest BCUT2D eigenvalue weighted by Gasteiger charge is 2.00. The number of allylic oxidation sites excluding steroid dienone is 1. The van der Waals surface area contributed by atoms with E-state index < -0.39 is 0 Å². The monoisotopic (exact) mass is 167 g/mol. The first-order valence-electron chi connectivity index (χ1n) is 3.02. The minimum absolute atomic E-state index is 0.144. The zero-order valence-corrected chi connectivity index (χ0v) is 6.51. The lowest BCUT2D eigenvalue weighted by Gasteiger charge is -1.93. The number of halogens is 1. The maximum Gasteiger partial charge on any atom is 0.185 e. The summed E-state index contributed by atoms with van der Waals surface area (Å²) < 4.78 is 0. The molecule has 11 heavy (non-hydrogen) atoms. The first-order valence-corrected chi connectivity index (χ1v) is 3.40. The van der Waals surface area contributed by atoms with Gasteiger partial charge >= 0.3 is 0 Å². The van der Waals surface area contributed by atoms with Crippen LogP contribution < -0.4 is 0 Å². The fraction of sp³-hybridized carbons (Fsp3) is 0. The van der Waals surface area contributed by atoms with Crippen molar-refractivity contribution in [2.24, 2.45) is 0 Å². The molecule has 0 amide bonds. The molecule has 1 rings (SSSR count). The summed E-state index contributed by atoms with van der Waals surface area (Å²) in [6.45, 7) is 3.35. The summed E-state index contributed by atoms with van der Waals surface area (Å²) in [4.78, 5) is 14.7. The van der Waals surface area contributed by atoms with Crippen molar-refractivity contribution in [3.05, 3.63) is 41.7 Å². The summed E-state index contributed by atoms with van der Waals surface area (Å²) >= 11 is 5.55. The Balaban J connectivity index is 3.05. The van der Waals surface area contributed by atoms with Gasteiger partial charge in [-0.15, -0.1) is 0 Å². The maximum atomic E-state index is 11.0. The van der Waals surface area contributed by atoms with E-state index in [1.807, 2.05) is 0 Å². The van der Waals surface area contributed by atoms with E-state index >= 15 is 0 Å². The SMILES string of the molecule is C=CC(=O)c1ccnc(Cl)c1. The average Bonchev–Trinajstić information content (AvgIpc) is 2.03. The Bertz CT molecular complexity index is 296. The number of aromatic nitrogens is 1. The van der Waals surface area contributed by atoms with Gasteiger partial charge in [0.2, 0.25) is 0 Å². The molecule has 0 saturated carbocycles. The van der Waals surface area contributed by atoms with Crippen molar-refractivity contribution in [1.29, 1.82) is 0 Å². The highest BCUT2D eigenvalue weighted by atomic mass is 35.5. The van der Waals surface area contributed by atoms with Crippen LogP contribution >= 0.6 is 11.6 Å². The molecule has 0 bridgehead atoms. The molecular weight excluding hydrogens is 162 g/mol. The summed E-state index contributed by atoms with van der Waals surface area (Å²) in [5.74, 6) is -0.144. The van der Waals surface area contributed by atoms with Crippen molar-refractivity contribution in [2.45, 2.75) is 0 Å². The van der Waals surface area contributed by atoms with E-state index in [9.17, 15) is 4.79 Å². The minimum atomic E-state index is -0.144. The van der Waals surface area contributed by atoms with Crippen LogP contribution in [-0.2, 0) is 0 Å². The molecule has 0 radical (unpaired) electrons. The third kappa shape index (κ3) is 1.88. The molecule has 0 aliphatic heterocycles. The predicted molar refractivity (Wildman–Crippen MR) is 43.8 cm³/mol. The van der Waals surface area contributed by atoms with E-state index in [2.05, 4.69) is 11.6 Å². The smallest absolute Gasteiger partial charge is 0.185 e. The summed E-state index contributed by atoms with van der Waals surface area (Å²) in [5.41, 5.74) is 0.514. The number of hydrogen-bond donors (Lipinski definition) is 0. The number of rotatable bonds is 2. The lowest BCUT2D eigenvalue weighted by Crippen LogP contribution is -1.93. The molecule has 0 fully saturated rings. The Labute approximate surface area is 69.5 Å². The third-order valence-electron chi connectivity index (χ3n) is 1.20. The van der Waals surface area contributed by atoms with E-state index in [-0.39, 0.29) is 5.78 Å². The number of ketones is 1. The van der Waals surface area contributed by atoms with Crippen LogP contribution in [0.4, 0.5) is 0 Å². The Hall–Kier alpha value is -1.15. The Morgan fingerprint density at radius 3 is 3.00 bits per heavy atom. The molecule has 2 nitrogen and oxygen atoms in total. The second kappa shape index (κ2) is 3.30. The normalized spacial score (nSPS) is 9.18. The van der Waals surface area contributed by atoms with Crippen LogP contribution in [0.15, 0.2) is 31.0 Å². The molecule has 0 unspecified atom stereocenters. The summed E-state index contributed by atoms with van der Waals surface area (Å²) in [5, 5.41) is 0.317. The molecule has 1 aromatic rings. The molecule has 0 atom stereocenters. The van der Waals surface area contributed by atoms with Gasteiger partial charge in [-0.25, -0.2) is 4.98 Å². The van der Waals surface area contributed by atoms with Crippen LogP contribution in [0.3, 0.4) is 0 Å². The van der Waals surface area contributed by atoms with Crippen LogP contribution in [0.1, 0.15) is 10.4 Å². The molecule has 0 N–H and O–H groups in total. The Morgan fingerprint density at radius 2 is 2.45 bits per heavy atom. The quantitative estimate of drug-likeness (QED) is 0.384. The minimum Gasteiger partial charge on any atom is -0.289 e. The number of carbonyl (C=O) groups is 1. The van der Waals surface area contributed by atoms with Crippen molar-refractivity contribution in [1.82, 2.24) is 4.98 Å². The summed E-state index contributed by atoms with van der Waals surface area (Å²) in [6, 6.07) is 3.10. The lowest BCUT2D eigenvalue weighted by molar-refractivity contribution is 0.104. The van der Waals surface area contributed by atoms with E-state index in [1.165, 1.54) is 18.3 Å². The van der Waals surface area contributed by atoms with Crippen LogP contribution in [0, 0.1) is 0 Å². The van der Waals surface area contributed by atoms with Gasteiger partial charge in [-0.2, -0.15) is 0 Å². The first kappa shape index (κ1) is 7.95. The van der Waals surface area contributed by atoms with Gasteiger partial charge in [0.05, 0.1) is 0 Å². The second-order valence-electron chi connectivity index (χ2n) is 1.94. The molecule has 1 aromatic heterocycles. The van der Waals surface area contributed by atoms with E-state index in [0.717, 1.165) is 0 Å². The maximum absolute atomic E-state index is 11.0. The van der Waals surface area contributed by atoms with Gasteiger partial charge in [0.1, 0.15) is 5.15 Å². The van der Waals surface area contributed by atoms with Crippen LogP contribution in [0.5, 0.6) is 0 Å². The molecule has 0 saturated heterocycles. The van der Waals surface area contributed by atoms with Gasteiger partial charge < -0.3 is 0 Å². The third-order valence-corrected chi connectivity index (χ3v) is 1.40. The van der Waals surface area contributed by atoms with Crippen molar-refractivity contribution in [3.63, 3.8) is 0 Å². The number of hydrogen-bond acceptors (Lipinski definition) is 2. The van der Waals surface area contributed by atoms with Gasteiger partial charge in [0.15, 0.2) is 5.78 Å². The van der Waals surface area contributed by atoms with Gasteiger partial charge in [-0.3, -0.25) is 4.79 Å². The first-order chi connectivity index (χ1) is 5.24. The highest BCUT2D eigenvalue weighted by Crippen LogP contribution is 2.07. The molecule has 0 aliphatic rings. The van der Waals surface area contributed by atoms with E-state index in [4.69, 9.17) is 11.6 Å². The van der Waals surface area contributed by atoms with Gasteiger partial charge in [-0.1, -0.05) is 18.2 Å². The largest absolute Gasteiger partial charge is 0.289 e. The van der Waals surface area contributed by atoms with Crippen LogP contribution in [-0.4, -0.2) is 10.8 Å². The zero-order valence-electron chi connectivity index (χ0n) is 5.75. The molecule has 56 valence electrons. The van der Waals surface area contributed by atoms with Gasteiger partial charge in [0.25, 0.3) is 0 Å².